The number of amides is 1. The zero-order valence-corrected chi connectivity index (χ0v) is 17.2. The van der Waals surface area contributed by atoms with E-state index >= 15 is 0 Å². The number of benzene rings is 2. The molecule has 0 radical (unpaired) electrons. The molecule has 3 aromatic rings. The highest BCUT2D eigenvalue weighted by molar-refractivity contribution is 6.04. The molecule has 0 bridgehead atoms. The zero-order valence-electron chi connectivity index (χ0n) is 17.2. The summed E-state index contributed by atoms with van der Waals surface area (Å²) in [7, 11) is 3.11. The van der Waals surface area contributed by atoms with Crippen LogP contribution in [0.5, 0.6) is 11.5 Å². The molecule has 1 amide bonds. The van der Waals surface area contributed by atoms with Gasteiger partial charge in [0.2, 0.25) is 0 Å². The number of fused-ring (bicyclic) bond motifs is 1. The Morgan fingerprint density at radius 3 is 2.47 bits per heavy atom. The molecule has 0 unspecified atom stereocenters. The van der Waals surface area contributed by atoms with Crippen LogP contribution in [0.25, 0.3) is 5.69 Å². The molecule has 4 rings (SSSR count). The first-order chi connectivity index (χ1) is 14.5. The van der Waals surface area contributed by atoms with Crippen LogP contribution in [0.3, 0.4) is 0 Å². The largest absolute Gasteiger partial charge is 0.493 e. The summed E-state index contributed by atoms with van der Waals surface area (Å²) in [6, 6.07) is 12.4. The van der Waals surface area contributed by atoms with E-state index in [0.717, 1.165) is 35.5 Å². The van der Waals surface area contributed by atoms with E-state index in [4.69, 9.17) is 9.47 Å². The predicted molar refractivity (Wildman–Crippen MR) is 113 cm³/mol. The Balaban J connectivity index is 1.55. The van der Waals surface area contributed by atoms with Crippen LogP contribution >= 0.6 is 0 Å². The van der Waals surface area contributed by atoms with Crippen molar-refractivity contribution in [3.05, 3.63) is 65.0 Å². The van der Waals surface area contributed by atoms with Gasteiger partial charge in [0.1, 0.15) is 0 Å². The van der Waals surface area contributed by atoms with E-state index in [2.05, 4.69) is 10.4 Å². The first-order valence-corrected chi connectivity index (χ1v) is 9.77. The molecule has 1 aromatic heterocycles. The summed E-state index contributed by atoms with van der Waals surface area (Å²) in [6.45, 7) is 1.86. The lowest BCUT2D eigenvalue weighted by Crippen LogP contribution is -2.14. The summed E-state index contributed by atoms with van der Waals surface area (Å²) >= 11 is 0. The minimum atomic E-state index is -0.234. The van der Waals surface area contributed by atoms with Gasteiger partial charge in [-0.15, -0.1) is 0 Å². The van der Waals surface area contributed by atoms with E-state index in [-0.39, 0.29) is 11.7 Å². The number of rotatable bonds is 5. The third-order valence-corrected chi connectivity index (χ3v) is 5.27. The SMILES string of the molecule is COc1ccc(NC(=O)c2ccc(-n3nc(C)c4c3CCCC4=O)cc2)cc1OC. The highest BCUT2D eigenvalue weighted by Crippen LogP contribution is 2.30. The molecule has 0 saturated heterocycles. The maximum atomic E-state index is 12.6. The fourth-order valence-corrected chi connectivity index (χ4v) is 3.79. The molecule has 0 aliphatic heterocycles. The predicted octanol–water partition coefficient (Wildman–Crippen LogP) is 3.97. The number of carbonyl (C=O) groups excluding carboxylic acids is 2. The van der Waals surface area contributed by atoms with E-state index in [1.807, 2.05) is 23.7 Å². The number of Topliss-reactive ketones (excluding diaryl/α,β-unsaturated/α-hetero) is 1. The van der Waals surface area contributed by atoms with Gasteiger partial charge >= 0.3 is 0 Å². The first kappa shape index (κ1) is 19.7. The van der Waals surface area contributed by atoms with Crippen LogP contribution < -0.4 is 14.8 Å². The van der Waals surface area contributed by atoms with E-state index in [0.29, 0.717) is 29.2 Å². The second kappa shape index (κ2) is 8.02. The van der Waals surface area contributed by atoms with Gasteiger partial charge in [-0.3, -0.25) is 9.59 Å². The number of hydrogen-bond donors (Lipinski definition) is 1. The number of nitrogens with zero attached hydrogens (tertiary/aromatic N) is 2. The number of anilines is 1. The van der Waals surface area contributed by atoms with Gasteiger partial charge in [-0.2, -0.15) is 5.10 Å². The minimum Gasteiger partial charge on any atom is -0.493 e. The van der Waals surface area contributed by atoms with Crippen molar-refractivity contribution < 1.29 is 19.1 Å². The summed E-state index contributed by atoms with van der Waals surface area (Å²) in [5.41, 5.74) is 4.41. The van der Waals surface area contributed by atoms with Crippen molar-refractivity contribution in [2.45, 2.75) is 26.2 Å². The van der Waals surface area contributed by atoms with E-state index < -0.39 is 0 Å². The maximum absolute atomic E-state index is 12.6. The van der Waals surface area contributed by atoms with Crippen molar-refractivity contribution in [1.82, 2.24) is 9.78 Å². The highest BCUT2D eigenvalue weighted by Gasteiger charge is 2.25. The van der Waals surface area contributed by atoms with Crippen LogP contribution in [0.1, 0.15) is 44.9 Å². The normalized spacial score (nSPS) is 13.0. The van der Waals surface area contributed by atoms with Gasteiger partial charge in [0.25, 0.3) is 5.91 Å². The molecule has 0 atom stereocenters. The number of aryl methyl sites for hydroxylation is 1. The number of aromatic nitrogens is 2. The quantitative estimate of drug-likeness (QED) is 0.695. The van der Waals surface area contributed by atoms with E-state index in [1.165, 1.54) is 0 Å². The summed E-state index contributed by atoms with van der Waals surface area (Å²) in [5.74, 6) is 1.06. The van der Waals surface area contributed by atoms with Gasteiger partial charge in [0.15, 0.2) is 17.3 Å². The molecule has 1 heterocycles. The molecule has 0 fully saturated rings. The van der Waals surface area contributed by atoms with Crippen LogP contribution in [0.4, 0.5) is 5.69 Å². The molecule has 7 heteroatoms. The topological polar surface area (TPSA) is 82.5 Å². The number of nitrogens with one attached hydrogen (secondary N) is 1. The standard InChI is InChI=1S/C23H23N3O4/c1-14-22-18(5-4-6-19(22)27)26(25-14)17-10-7-15(8-11-17)23(28)24-16-9-12-20(29-2)21(13-16)30-3/h7-13H,4-6H2,1-3H3,(H,24,28). The van der Waals surface area contributed by atoms with Crippen molar-refractivity contribution >= 4 is 17.4 Å². The van der Waals surface area contributed by atoms with Crippen molar-refractivity contribution in [1.29, 1.82) is 0 Å². The Kier molecular flexibility index (Phi) is 5.27. The van der Waals surface area contributed by atoms with Crippen LogP contribution in [0.15, 0.2) is 42.5 Å². The van der Waals surface area contributed by atoms with Gasteiger partial charge in [-0.25, -0.2) is 4.68 Å². The lowest BCUT2D eigenvalue weighted by molar-refractivity contribution is 0.0970. The average molecular weight is 405 g/mol. The van der Waals surface area contributed by atoms with Crippen molar-refractivity contribution in [3.8, 4) is 17.2 Å². The maximum Gasteiger partial charge on any atom is 0.255 e. The lowest BCUT2D eigenvalue weighted by atomic mass is 9.94. The molecular weight excluding hydrogens is 382 g/mol. The number of ether oxygens (including phenoxy) is 2. The Morgan fingerprint density at radius 1 is 1.03 bits per heavy atom. The van der Waals surface area contributed by atoms with Gasteiger partial charge in [0.05, 0.1) is 36.9 Å². The number of methoxy groups -OCH3 is 2. The van der Waals surface area contributed by atoms with Crippen molar-refractivity contribution in [2.75, 3.05) is 19.5 Å². The Bertz CT molecular complexity index is 1120. The molecule has 0 spiro atoms. The molecule has 1 aliphatic rings. The van der Waals surface area contributed by atoms with Crippen LogP contribution in [-0.4, -0.2) is 35.7 Å². The Morgan fingerprint density at radius 2 is 1.77 bits per heavy atom. The molecule has 154 valence electrons. The van der Waals surface area contributed by atoms with Gasteiger partial charge in [-0.05, 0) is 56.2 Å². The molecule has 1 N–H and O–H groups in total. The molecule has 7 nitrogen and oxygen atoms in total. The fourth-order valence-electron chi connectivity index (χ4n) is 3.79. The second-order valence-corrected chi connectivity index (χ2v) is 7.17. The molecule has 0 saturated carbocycles. The molecule has 1 aliphatic carbocycles. The fraction of sp³-hybridized carbons (Fsp3) is 0.261. The van der Waals surface area contributed by atoms with Gasteiger partial charge in [-0.1, -0.05) is 0 Å². The molecule has 30 heavy (non-hydrogen) atoms. The molecule has 2 aromatic carbocycles. The lowest BCUT2D eigenvalue weighted by Gasteiger charge is -2.14. The summed E-state index contributed by atoms with van der Waals surface area (Å²) in [6.07, 6.45) is 2.24. The van der Waals surface area contributed by atoms with Gasteiger partial charge in [0, 0.05) is 23.7 Å². The number of hydrogen-bond acceptors (Lipinski definition) is 5. The third kappa shape index (κ3) is 3.54. The zero-order chi connectivity index (χ0) is 21.3. The van der Waals surface area contributed by atoms with Crippen molar-refractivity contribution in [2.24, 2.45) is 0 Å². The smallest absolute Gasteiger partial charge is 0.255 e. The molecular formula is C23H23N3O4. The average Bonchev–Trinajstić information content (AvgIpc) is 3.11. The third-order valence-electron chi connectivity index (χ3n) is 5.27. The highest BCUT2D eigenvalue weighted by atomic mass is 16.5. The van der Waals surface area contributed by atoms with Crippen LogP contribution in [-0.2, 0) is 6.42 Å². The minimum absolute atomic E-state index is 0.158. The Hall–Kier alpha value is -3.61. The van der Waals surface area contributed by atoms with Gasteiger partial charge < -0.3 is 14.8 Å². The van der Waals surface area contributed by atoms with E-state index in [1.54, 1.807) is 44.6 Å². The summed E-state index contributed by atoms with van der Waals surface area (Å²) < 4.78 is 12.3. The number of ketones is 1. The number of carbonyl (C=O) groups is 2. The summed E-state index contributed by atoms with van der Waals surface area (Å²) in [5, 5.41) is 7.42. The van der Waals surface area contributed by atoms with Crippen LogP contribution in [0, 0.1) is 6.92 Å². The summed E-state index contributed by atoms with van der Waals surface area (Å²) in [4.78, 5) is 24.9. The first-order valence-electron chi connectivity index (χ1n) is 9.77. The van der Waals surface area contributed by atoms with Crippen molar-refractivity contribution in [3.63, 3.8) is 0 Å². The van der Waals surface area contributed by atoms with E-state index in [9.17, 15) is 9.59 Å². The van der Waals surface area contributed by atoms with Crippen LogP contribution in [0.2, 0.25) is 0 Å². The monoisotopic (exact) mass is 405 g/mol. The Labute approximate surface area is 174 Å². The second-order valence-electron chi connectivity index (χ2n) is 7.17.